The topological polar surface area (TPSA) is 104 Å². The molecule has 186 valence electrons. The van der Waals surface area contributed by atoms with Crippen molar-refractivity contribution in [2.75, 3.05) is 36.8 Å². The summed E-state index contributed by atoms with van der Waals surface area (Å²) in [7, 11) is 0. The minimum atomic E-state index is -0.445. The number of nitrogens with two attached hydrogens (primary N) is 1. The van der Waals surface area contributed by atoms with Crippen LogP contribution in [-0.4, -0.2) is 46.0 Å². The van der Waals surface area contributed by atoms with Gasteiger partial charge in [0, 0.05) is 44.4 Å². The van der Waals surface area contributed by atoms with Gasteiger partial charge in [-0.3, -0.25) is 15.0 Å². The van der Waals surface area contributed by atoms with Crippen molar-refractivity contribution in [3.8, 4) is 11.4 Å². The minimum Gasteiger partial charge on any atom is -0.393 e. The lowest BCUT2D eigenvalue weighted by molar-refractivity contribution is -0.383. The maximum absolute atomic E-state index is 11.0. The van der Waals surface area contributed by atoms with Crippen LogP contribution in [0, 0.1) is 10.1 Å². The molecule has 2 heterocycles. The van der Waals surface area contributed by atoms with Crippen molar-refractivity contribution >= 4 is 28.1 Å². The monoisotopic (exact) mass is 484 g/mol. The first-order chi connectivity index (χ1) is 17.2. The van der Waals surface area contributed by atoms with E-state index in [-0.39, 0.29) is 16.8 Å². The molecule has 1 saturated heterocycles. The highest BCUT2D eigenvalue weighted by molar-refractivity contribution is 5.91. The highest BCUT2D eigenvalue weighted by Crippen LogP contribution is 2.31. The van der Waals surface area contributed by atoms with Crippen LogP contribution in [0.1, 0.15) is 31.9 Å². The number of aromatic nitrogens is 2. The van der Waals surface area contributed by atoms with Gasteiger partial charge in [0.05, 0.1) is 16.1 Å². The van der Waals surface area contributed by atoms with Crippen molar-refractivity contribution in [2.24, 2.45) is 0 Å². The standard InChI is InChI=1S/C28H32N6O2/c1-28(2,3)21-10-8-20(9-11-21)27-30-23-5-4-6-25(26(23)31-27)33-15-13-32(14-16-33)18-19-7-12-24(34(35)36)22(29)17-19/h4-12,17H,13-16,18,29H2,1-3H3,(H,30,31). The molecule has 0 spiro atoms. The first kappa shape index (κ1) is 23.8. The zero-order valence-electron chi connectivity index (χ0n) is 21.0. The lowest BCUT2D eigenvalue weighted by Crippen LogP contribution is -2.46. The molecule has 4 aromatic rings. The number of hydrogen-bond donors (Lipinski definition) is 2. The van der Waals surface area contributed by atoms with Gasteiger partial charge in [0.15, 0.2) is 0 Å². The number of anilines is 2. The Hall–Kier alpha value is -3.91. The van der Waals surface area contributed by atoms with Crippen LogP contribution in [0.3, 0.4) is 0 Å². The molecule has 0 saturated carbocycles. The average Bonchev–Trinajstić information content (AvgIpc) is 3.29. The fraction of sp³-hybridized carbons (Fsp3) is 0.321. The van der Waals surface area contributed by atoms with Gasteiger partial charge in [-0.1, -0.05) is 57.2 Å². The maximum Gasteiger partial charge on any atom is 0.292 e. The van der Waals surface area contributed by atoms with Gasteiger partial charge in [0.1, 0.15) is 17.0 Å². The smallest absolute Gasteiger partial charge is 0.292 e. The van der Waals surface area contributed by atoms with Gasteiger partial charge < -0.3 is 15.6 Å². The van der Waals surface area contributed by atoms with E-state index in [0.717, 1.165) is 66.4 Å². The van der Waals surface area contributed by atoms with Crippen LogP contribution >= 0.6 is 0 Å². The fourth-order valence-corrected chi connectivity index (χ4v) is 4.81. The molecule has 36 heavy (non-hydrogen) atoms. The fourth-order valence-electron chi connectivity index (χ4n) is 4.81. The molecular weight excluding hydrogens is 452 g/mol. The van der Waals surface area contributed by atoms with E-state index >= 15 is 0 Å². The zero-order valence-corrected chi connectivity index (χ0v) is 21.0. The molecule has 0 bridgehead atoms. The summed E-state index contributed by atoms with van der Waals surface area (Å²) in [5.74, 6) is 0.882. The third-order valence-electron chi connectivity index (χ3n) is 6.92. The quantitative estimate of drug-likeness (QED) is 0.225. The van der Waals surface area contributed by atoms with Crippen molar-refractivity contribution in [3.05, 3.63) is 81.9 Å². The summed E-state index contributed by atoms with van der Waals surface area (Å²) in [5, 5.41) is 11.0. The van der Waals surface area contributed by atoms with Crippen LogP contribution in [0.4, 0.5) is 17.1 Å². The third kappa shape index (κ3) is 4.77. The third-order valence-corrected chi connectivity index (χ3v) is 6.92. The van der Waals surface area contributed by atoms with Crippen LogP contribution in [0.25, 0.3) is 22.4 Å². The number of fused-ring (bicyclic) bond motifs is 1. The first-order valence-electron chi connectivity index (χ1n) is 12.3. The lowest BCUT2D eigenvalue weighted by Gasteiger charge is -2.36. The Labute approximate surface area is 210 Å². The molecule has 0 radical (unpaired) electrons. The van der Waals surface area contributed by atoms with Crippen molar-refractivity contribution in [3.63, 3.8) is 0 Å². The summed E-state index contributed by atoms with van der Waals surface area (Å²) in [6.45, 7) is 10.9. The molecule has 8 heteroatoms. The van der Waals surface area contributed by atoms with Gasteiger partial charge in [-0.2, -0.15) is 0 Å². The number of hydrogen-bond acceptors (Lipinski definition) is 6. The van der Waals surface area contributed by atoms with E-state index in [9.17, 15) is 10.1 Å². The number of rotatable bonds is 5. The summed E-state index contributed by atoms with van der Waals surface area (Å²) >= 11 is 0. The Morgan fingerprint density at radius 2 is 1.75 bits per heavy atom. The van der Waals surface area contributed by atoms with E-state index in [4.69, 9.17) is 10.7 Å². The van der Waals surface area contributed by atoms with Crippen molar-refractivity contribution < 1.29 is 4.92 Å². The number of nitro benzene ring substituents is 1. The van der Waals surface area contributed by atoms with E-state index in [1.807, 2.05) is 0 Å². The summed E-state index contributed by atoms with van der Waals surface area (Å²) in [4.78, 5) is 23.8. The highest BCUT2D eigenvalue weighted by Gasteiger charge is 2.21. The van der Waals surface area contributed by atoms with Gasteiger partial charge in [-0.15, -0.1) is 0 Å². The Morgan fingerprint density at radius 1 is 1.03 bits per heavy atom. The van der Waals surface area contributed by atoms with Gasteiger partial charge >= 0.3 is 0 Å². The van der Waals surface area contributed by atoms with Gasteiger partial charge in [0.2, 0.25) is 0 Å². The molecule has 3 aromatic carbocycles. The highest BCUT2D eigenvalue weighted by atomic mass is 16.6. The van der Waals surface area contributed by atoms with E-state index in [0.29, 0.717) is 0 Å². The lowest BCUT2D eigenvalue weighted by atomic mass is 9.87. The number of imidazole rings is 1. The number of nitrogen functional groups attached to an aromatic ring is 1. The number of nitrogens with one attached hydrogen (secondary N) is 1. The van der Waals surface area contributed by atoms with Gasteiger partial charge in [-0.05, 0) is 34.7 Å². The van der Waals surface area contributed by atoms with Gasteiger partial charge in [0.25, 0.3) is 5.69 Å². The summed E-state index contributed by atoms with van der Waals surface area (Å²) in [6, 6.07) is 19.9. The molecule has 0 unspecified atom stereocenters. The molecule has 1 fully saturated rings. The second-order valence-electron chi connectivity index (χ2n) is 10.5. The summed E-state index contributed by atoms with van der Waals surface area (Å²) in [6.07, 6.45) is 0. The molecule has 5 rings (SSSR count). The molecule has 0 aliphatic carbocycles. The summed E-state index contributed by atoms with van der Waals surface area (Å²) < 4.78 is 0. The van der Waals surface area contributed by atoms with Gasteiger partial charge in [-0.25, -0.2) is 4.98 Å². The zero-order chi connectivity index (χ0) is 25.4. The van der Waals surface area contributed by atoms with E-state index in [1.54, 1.807) is 12.1 Å². The molecular formula is C28H32N6O2. The van der Waals surface area contributed by atoms with E-state index < -0.39 is 4.92 Å². The number of nitro groups is 1. The number of piperazine rings is 1. The van der Waals surface area contributed by atoms with Crippen molar-refractivity contribution in [2.45, 2.75) is 32.7 Å². The minimum absolute atomic E-state index is 0.0415. The van der Waals surface area contributed by atoms with Crippen LogP contribution in [0.2, 0.25) is 0 Å². The average molecular weight is 485 g/mol. The Kier molecular flexibility index (Phi) is 6.14. The predicted octanol–water partition coefficient (Wildman–Crippen LogP) is 5.34. The second kappa shape index (κ2) is 9.28. The van der Waals surface area contributed by atoms with Crippen LogP contribution in [0.5, 0.6) is 0 Å². The van der Waals surface area contributed by atoms with E-state index in [1.165, 1.54) is 11.6 Å². The number of benzene rings is 3. The SMILES string of the molecule is CC(C)(C)c1ccc(-c2nc3c(N4CCN(Cc5ccc([N+](=O)[O-])c(N)c5)CC4)cccc3[nH]2)cc1. The Morgan fingerprint density at radius 3 is 2.39 bits per heavy atom. The molecule has 0 amide bonds. The molecule has 1 aromatic heterocycles. The number of nitrogens with zero attached hydrogens (tertiary/aromatic N) is 4. The van der Waals surface area contributed by atoms with Crippen molar-refractivity contribution in [1.29, 1.82) is 0 Å². The Bertz CT molecular complexity index is 1400. The predicted molar refractivity (Wildman–Crippen MR) is 145 cm³/mol. The maximum atomic E-state index is 11.0. The molecule has 1 aliphatic heterocycles. The number of para-hydroxylation sites is 1. The molecule has 1 aliphatic rings. The second-order valence-corrected chi connectivity index (χ2v) is 10.5. The Balaban J connectivity index is 1.29. The molecule has 0 atom stereocenters. The molecule has 8 nitrogen and oxygen atoms in total. The van der Waals surface area contributed by atoms with Crippen LogP contribution in [0.15, 0.2) is 60.7 Å². The number of aromatic amines is 1. The summed E-state index contributed by atoms with van der Waals surface area (Å²) in [5.41, 5.74) is 12.7. The van der Waals surface area contributed by atoms with E-state index in [2.05, 4.69) is 78.0 Å². The number of H-pyrrole nitrogens is 1. The van der Waals surface area contributed by atoms with Crippen molar-refractivity contribution in [1.82, 2.24) is 14.9 Å². The normalized spacial score (nSPS) is 14.9. The molecule has 3 N–H and O–H groups in total. The first-order valence-corrected chi connectivity index (χ1v) is 12.3. The van der Waals surface area contributed by atoms with Crippen LogP contribution in [-0.2, 0) is 12.0 Å². The van der Waals surface area contributed by atoms with Crippen LogP contribution < -0.4 is 10.6 Å². The largest absolute Gasteiger partial charge is 0.393 e.